The van der Waals surface area contributed by atoms with E-state index in [-0.39, 0.29) is 0 Å². The fourth-order valence-electron chi connectivity index (χ4n) is 3.29. The highest BCUT2D eigenvalue weighted by Crippen LogP contribution is 2.18. The summed E-state index contributed by atoms with van der Waals surface area (Å²) in [5, 5.41) is 0. The van der Waals surface area contributed by atoms with Gasteiger partial charge < -0.3 is 10.6 Å². The second kappa shape index (κ2) is 8.77. The largest absolute Gasteiger partial charge is 0.370 e. The first-order valence-electron chi connectivity index (χ1n) is 9.13. The Kier molecular flexibility index (Phi) is 6.44. The summed E-state index contributed by atoms with van der Waals surface area (Å²) >= 11 is 1.99. The maximum atomic E-state index is 6.12. The lowest BCUT2D eigenvalue weighted by molar-refractivity contribution is 0.185. The standard InChI is InChI=1S/C19H30N4S/c1-16-6-8-22(9-7-16)15-18-4-2-17(3-5-18)14-21-19(20)23-10-12-24-13-11-23/h2-5,16H,6-15H2,1H3,(H2,20,21). The monoisotopic (exact) mass is 346 g/mol. The molecule has 2 aliphatic heterocycles. The molecule has 5 heteroatoms. The first-order chi connectivity index (χ1) is 11.7. The normalized spacial score (nSPS) is 21.2. The van der Waals surface area contributed by atoms with Gasteiger partial charge in [0.05, 0.1) is 6.54 Å². The van der Waals surface area contributed by atoms with Crippen molar-refractivity contribution >= 4 is 17.7 Å². The number of piperidine rings is 1. The fourth-order valence-corrected chi connectivity index (χ4v) is 4.20. The van der Waals surface area contributed by atoms with Crippen LogP contribution in [0.4, 0.5) is 0 Å². The molecule has 0 spiro atoms. The van der Waals surface area contributed by atoms with Gasteiger partial charge in [-0.1, -0.05) is 31.2 Å². The Morgan fingerprint density at radius 2 is 1.71 bits per heavy atom. The Morgan fingerprint density at radius 3 is 2.38 bits per heavy atom. The molecule has 2 N–H and O–H groups in total. The van der Waals surface area contributed by atoms with E-state index in [1.807, 2.05) is 11.8 Å². The number of aliphatic imine (C=N–C) groups is 1. The molecule has 2 saturated heterocycles. The van der Waals surface area contributed by atoms with E-state index >= 15 is 0 Å². The molecule has 2 aliphatic rings. The van der Waals surface area contributed by atoms with Crippen molar-refractivity contribution in [3.63, 3.8) is 0 Å². The highest BCUT2D eigenvalue weighted by Gasteiger charge is 2.15. The Morgan fingerprint density at radius 1 is 1.08 bits per heavy atom. The minimum Gasteiger partial charge on any atom is -0.370 e. The van der Waals surface area contributed by atoms with Crippen LogP contribution in [0.3, 0.4) is 0 Å². The Hall–Kier alpha value is -1.20. The highest BCUT2D eigenvalue weighted by molar-refractivity contribution is 7.99. The average molecular weight is 347 g/mol. The number of nitrogens with zero attached hydrogens (tertiary/aromatic N) is 3. The van der Waals surface area contributed by atoms with Crippen LogP contribution >= 0.6 is 11.8 Å². The lowest BCUT2D eigenvalue weighted by Gasteiger charge is -2.30. The Labute approximate surface area is 150 Å². The molecule has 1 aromatic rings. The topological polar surface area (TPSA) is 44.9 Å². The molecule has 0 radical (unpaired) electrons. The summed E-state index contributed by atoms with van der Waals surface area (Å²) in [4.78, 5) is 9.34. The maximum Gasteiger partial charge on any atom is 0.191 e. The quantitative estimate of drug-likeness (QED) is 0.673. The van der Waals surface area contributed by atoms with Crippen molar-refractivity contribution in [2.75, 3.05) is 37.7 Å². The number of rotatable bonds is 4. The van der Waals surface area contributed by atoms with Crippen LogP contribution in [0.15, 0.2) is 29.3 Å². The summed E-state index contributed by atoms with van der Waals surface area (Å²) < 4.78 is 0. The summed E-state index contributed by atoms with van der Waals surface area (Å²) in [5.74, 6) is 3.90. The first kappa shape index (κ1) is 17.6. The predicted octanol–water partition coefficient (Wildman–Crippen LogP) is 2.78. The molecule has 1 aromatic carbocycles. The van der Waals surface area contributed by atoms with E-state index in [9.17, 15) is 0 Å². The van der Waals surface area contributed by atoms with Crippen LogP contribution in [-0.2, 0) is 13.1 Å². The van der Waals surface area contributed by atoms with Gasteiger partial charge in [-0.15, -0.1) is 0 Å². The van der Waals surface area contributed by atoms with E-state index in [4.69, 9.17) is 5.73 Å². The lowest BCUT2D eigenvalue weighted by Crippen LogP contribution is -2.42. The van der Waals surface area contributed by atoms with Gasteiger partial charge in [0.2, 0.25) is 0 Å². The minimum atomic E-state index is 0.678. The number of thioether (sulfide) groups is 1. The van der Waals surface area contributed by atoms with Gasteiger partial charge in [0, 0.05) is 31.1 Å². The van der Waals surface area contributed by atoms with Crippen LogP contribution in [0.2, 0.25) is 0 Å². The lowest BCUT2D eigenvalue weighted by atomic mass is 9.99. The zero-order valence-corrected chi connectivity index (χ0v) is 15.6. The van der Waals surface area contributed by atoms with E-state index < -0.39 is 0 Å². The zero-order valence-electron chi connectivity index (χ0n) is 14.8. The van der Waals surface area contributed by atoms with Gasteiger partial charge in [-0.05, 0) is 43.0 Å². The fraction of sp³-hybridized carbons (Fsp3) is 0.632. The SMILES string of the molecule is CC1CCN(Cc2ccc(CN=C(N)N3CCSCC3)cc2)CC1. The van der Waals surface area contributed by atoms with Crippen LogP contribution in [-0.4, -0.2) is 53.4 Å². The summed E-state index contributed by atoms with van der Waals surface area (Å²) in [5.41, 5.74) is 8.76. The third kappa shape index (κ3) is 5.15. The second-order valence-electron chi connectivity index (χ2n) is 7.05. The van der Waals surface area contributed by atoms with Gasteiger partial charge in [-0.25, -0.2) is 4.99 Å². The molecular formula is C19H30N4S. The number of likely N-dealkylation sites (tertiary alicyclic amines) is 1. The number of hydrogen-bond acceptors (Lipinski definition) is 3. The van der Waals surface area contributed by atoms with Gasteiger partial charge in [0.15, 0.2) is 5.96 Å². The van der Waals surface area contributed by atoms with Crippen molar-refractivity contribution in [3.8, 4) is 0 Å². The van der Waals surface area contributed by atoms with Gasteiger partial charge in [0.25, 0.3) is 0 Å². The van der Waals surface area contributed by atoms with E-state index in [0.29, 0.717) is 12.5 Å². The Balaban J connectivity index is 1.49. The molecule has 0 atom stereocenters. The first-order valence-corrected chi connectivity index (χ1v) is 10.3. The van der Waals surface area contributed by atoms with Crippen LogP contribution in [0.1, 0.15) is 30.9 Å². The summed E-state index contributed by atoms with van der Waals surface area (Å²) in [6.45, 7) is 8.62. The predicted molar refractivity (Wildman–Crippen MR) is 104 cm³/mol. The smallest absolute Gasteiger partial charge is 0.191 e. The molecule has 0 saturated carbocycles. The van der Waals surface area contributed by atoms with Crippen molar-refractivity contribution in [3.05, 3.63) is 35.4 Å². The molecule has 0 amide bonds. The summed E-state index contributed by atoms with van der Waals surface area (Å²) in [7, 11) is 0. The minimum absolute atomic E-state index is 0.678. The van der Waals surface area contributed by atoms with Crippen LogP contribution < -0.4 is 5.73 Å². The van der Waals surface area contributed by atoms with Crippen LogP contribution in [0, 0.1) is 5.92 Å². The molecule has 4 nitrogen and oxygen atoms in total. The van der Waals surface area contributed by atoms with Gasteiger partial charge >= 0.3 is 0 Å². The number of benzene rings is 1. The zero-order chi connectivity index (χ0) is 16.8. The second-order valence-corrected chi connectivity index (χ2v) is 8.27. The molecular weight excluding hydrogens is 316 g/mol. The molecule has 132 valence electrons. The van der Waals surface area contributed by atoms with Crippen LogP contribution in [0.5, 0.6) is 0 Å². The van der Waals surface area contributed by atoms with Crippen molar-refractivity contribution < 1.29 is 0 Å². The number of guanidine groups is 1. The van der Waals surface area contributed by atoms with E-state index in [1.165, 1.54) is 37.1 Å². The van der Waals surface area contributed by atoms with E-state index in [2.05, 4.69) is 46.0 Å². The summed E-state index contributed by atoms with van der Waals surface area (Å²) in [6, 6.07) is 8.89. The molecule has 2 fully saturated rings. The van der Waals surface area contributed by atoms with Crippen molar-refractivity contribution in [2.45, 2.75) is 32.9 Å². The molecule has 2 heterocycles. The van der Waals surface area contributed by atoms with Crippen molar-refractivity contribution in [2.24, 2.45) is 16.6 Å². The molecule has 0 aliphatic carbocycles. The number of nitrogens with two attached hydrogens (primary N) is 1. The summed E-state index contributed by atoms with van der Waals surface area (Å²) in [6.07, 6.45) is 2.67. The molecule has 0 aromatic heterocycles. The third-order valence-electron chi connectivity index (χ3n) is 5.06. The highest BCUT2D eigenvalue weighted by atomic mass is 32.2. The average Bonchev–Trinajstić information content (AvgIpc) is 2.63. The van der Waals surface area contributed by atoms with E-state index in [0.717, 1.165) is 37.1 Å². The molecule has 3 rings (SSSR count). The van der Waals surface area contributed by atoms with Crippen LogP contribution in [0.25, 0.3) is 0 Å². The van der Waals surface area contributed by atoms with Crippen molar-refractivity contribution in [1.82, 2.24) is 9.80 Å². The van der Waals surface area contributed by atoms with Gasteiger partial charge in [-0.2, -0.15) is 11.8 Å². The van der Waals surface area contributed by atoms with Crippen molar-refractivity contribution in [1.29, 1.82) is 0 Å². The molecule has 24 heavy (non-hydrogen) atoms. The Bertz CT molecular complexity index is 529. The third-order valence-corrected chi connectivity index (χ3v) is 6.01. The van der Waals surface area contributed by atoms with E-state index in [1.54, 1.807) is 0 Å². The molecule has 0 unspecified atom stereocenters. The number of hydrogen-bond donors (Lipinski definition) is 1. The van der Waals surface area contributed by atoms with Gasteiger partial charge in [-0.3, -0.25) is 4.90 Å². The van der Waals surface area contributed by atoms with Gasteiger partial charge in [0.1, 0.15) is 0 Å². The maximum absolute atomic E-state index is 6.12. The molecule has 0 bridgehead atoms.